The molecule has 0 nitrogen and oxygen atoms in total. The minimum Gasteiger partial charge on any atom is -0.249 e. The van der Waals surface area contributed by atoms with Crippen LogP contribution in [0, 0.1) is 0 Å². The smallest absolute Gasteiger partial charge is 0.107 e. The van der Waals surface area contributed by atoms with Gasteiger partial charge in [-0.2, -0.15) is 0 Å². The summed E-state index contributed by atoms with van der Waals surface area (Å²) in [4.78, 5) is 0. The molecule has 0 fully saturated rings. The summed E-state index contributed by atoms with van der Waals surface area (Å²) < 4.78 is 14.4. The summed E-state index contributed by atoms with van der Waals surface area (Å²) in [7, 11) is 0. The molecule has 1 heteroatoms. The number of hydrogen-bond acceptors (Lipinski definition) is 0. The van der Waals surface area contributed by atoms with E-state index < -0.39 is 12.1 Å². The first-order valence-electron chi connectivity index (χ1n) is 7.10. The molecule has 0 spiro atoms. The molecule has 0 atom stereocenters. The summed E-state index contributed by atoms with van der Waals surface area (Å²) in [6.45, 7) is -0.467. The first kappa shape index (κ1) is 13.6. The van der Waals surface area contributed by atoms with Gasteiger partial charge in [0.2, 0.25) is 0 Å². The molecule has 0 saturated heterocycles. The van der Waals surface area contributed by atoms with Gasteiger partial charge in [0.05, 0.1) is 5.41 Å². The molecule has 0 bridgehead atoms. The van der Waals surface area contributed by atoms with E-state index in [0.717, 1.165) is 16.7 Å². The van der Waals surface area contributed by atoms with Crippen LogP contribution in [0.1, 0.15) is 16.7 Å². The van der Waals surface area contributed by atoms with Gasteiger partial charge in [-0.3, -0.25) is 0 Å². The van der Waals surface area contributed by atoms with Crippen LogP contribution in [0.5, 0.6) is 0 Å². The van der Waals surface area contributed by atoms with Crippen molar-refractivity contribution in [2.75, 3.05) is 6.67 Å². The number of hydrogen-bond donors (Lipinski definition) is 0. The SMILES string of the molecule is FCC(c1ccccc1)(c1ccccc1)c1ccccc1. The molecule has 104 valence electrons. The Morgan fingerprint density at radius 3 is 1.05 bits per heavy atom. The van der Waals surface area contributed by atoms with Crippen LogP contribution in [-0.2, 0) is 5.41 Å². The van der Waals surface area contributed by atoms with Crippen LogP contribution in [0.4, 0.5) is 4.39 Å². The lowest BCUT2D eigenvalue weighted by atomic mass is 9.70. The zero-order chi connectivity index (χ0) is 14.5. The maximum Gasteiger partial charge on any atom is 0.107 e. The molecule has 0 saturated carbocycles. The molecule has 0 heterocycles. The van der Waals surface area contributed by atoms with Crippen LogP contribution in [0.15, 0.2) is 91.0 Å². The summed E-state index contributed by atoms with van der Waals surface area (Å²) in [5.74, 6) is 0. The van der Waals surface area contributed by atoms with Crippen LogP contribution in [-0.4, -0.2) is 6.67 Å². The van der Waals surface area contributed by atoms with E-state index in [4.69, 9.17) is 0 Å². The van der Waals surface area contributed by atoms with E-state index in [2.05, 4.69) is 0 Å². The normalized spacial score (nSPS) is 11.3. The molecule has 0 amide bonds. The van der Waals surface area contributed by atoms with E-state index in [1.807, 2.05) is 91.0 Å². The zero-order valence-electron chi connectivity index (χ0n) is 11.7. The molecule has 0 radical (unpaired) electrons. The average Bonchev–Trinajstić information content (AvgIpc) is 2.59. The number of alkyl halides is 1. The Labute approximate surface area is 124 Å². The van der Waals surface area contributed by atoms with Crippen LogP contribution < -0.4 is 0 Å². The van der Waals surface area contributed by atoms with Gasteiger partial charge in [-0.25, -0.2) is 4.39 Å². The highest BCUT2D eigenvalue weighted by atomic mass is 19.1. The van der Waals surface area contributed by atoms with Gasteiger partial charge in [0.15, 0.2) is 0 Å². The molecule has 3 rings (SSSR count). The third-order valence-electron chi connectivity index (χ3n) is 4.00. The van der Waals surface area contributed by atoms with Crippen molar-refractivity contribution in [2.24, 2.45) is 0 Å². The van der Waals surface area contributed by atoms with Crippen molar-refractivity contribution in [3.8, 4) is 0 Å². The fourth-order valence-corrected chi connectivity index (χ4v) is 2.90. The summed E-state index contributed by atoms with van der Waals surface area (Å²) in [6, 6.07) is 29.7. The molecule has 0 aliphatic rings. The van der Waals surface area contributed by atoms with Gasteiger partial charge in [0.25, 0.3) is 0 Å². The predicted molar refractivity (Wildman–Crippen MR) is 85.2 cm³/mol. The van der Waals surface area contributed by atoms with Gasteiger partial charge in [-0.1, -0.05) is 91.0 Å². The number of rotatable bonds is 4. The van der Waals surface area contributed by atoms with Crippen molar-refractivity contribution in [2.45, 2.75) is 5.41 Å². The largest absolute Gasteiger partial charge is 0.249 e. The summed E-state index contributed by atoms with van der Waals surface area (Å²) >= 11 is 0. The zero-order valence-corrected chi connectivity index (χ0v) is 11.7. The number of benzene rings is 3. The van der Waals surface area contributed by atoms with Gasteiger partial charge in [0, 0.05) is 0 Å². The van der Waals surface area contributed by atoms with Crippen LogP contribution >= 0.6 is 0 Å². The molecule has 0 aliphatic carbocycles. The van der Waals surface area contributed by atoms with E-state index in [1.165, 1.54) is 0 Å². The van der Waals surface area contributed by atoms with E-state index in [1.54, 1.807) is 0 Å². The Balaban J connectivity index is 2.29. The average molecular weight is 276 g/mol. The fraction of sp³-hybridized carbons (Fsp3) is 0.100. The Kier molecular flexibility index (Phi) is 3.83. The first-order chi connectivity index (χ1) is 10.4. The van der Waals surface area contributed by atoms with Crippen molar-refractivity contribution in [3.05, 3.63) is 108 Å². The second-order valence-electron chi connectivity index (χ2n) is 5.14. The molecular weight excluding hydrogens is 259 g/mol. The van der Waals surface area contributed by atoms with Gasteiger partial charge >= 0.3 is 0 Å². The lowest BCUT2D eigenvalue weighted by Gasteiger charge is -2.33. The maximum atomic E-state index is 14.4. The molecule has 0 aliphatic heterocycles. The first-order valence-corrected chi connectivity index (χ1v) is 7.10. The van der Waals surface area contributed by atoms with E-state index in [9.17, 15) is 4.39 Å². The van der Waals surface area contributed by atoms with Crippen molar-refractivity contribution in [1.82, 2.24) is 0 Å². The monoisotopic (exact) mass is 276 g/mol. The van der Waals surface area contributed by atoms with Crippen molar-refractivity contribution < 1.29 is 4.39 Å². The third kappa shape index (κ3) is 2.36. The molecular formula is C20H17F. The van der Waals surface area contributed by atoms with Gasteiger partial charge in [-0.05, 0) is 16.7 Å². The van der Waals surface area contributed by atoms with Gasteiger partial charge in [0.1, 0.15) is 6.67 Å². The van der Waals surface area contributed by atoms with Crippen LogP contribution in [0.3, 0.4) is 0 Å². The summed E-state index contributed by atoms with van der Waals surface area (Å²) in [6.07, 6.45) is 0. The van der Waals surface area contributed by atoms with Crippen molar-refractivity contribution in [3.63, 3.8) is 0 Å². The minimum atomic E-state index is -0.746. The summed E-state index contributed by atoms with van der Waals surface area (Å²) in [5, 5.41) is 0. The molecule has 0 unspecified atom stereocenters. The molecule has 3 aromatic carbocycles. The van der Waals surface area contributed by atoms with Crippen molar-refractivity contribution >= 4 is 0 Å². The van der Waals surface area contributed by atoms with E-state index in [-0.39, 0.29) is 0 Å². The second kappa shape index (κ2) is 5.92. The fourth-order valence-electron chi connectivity index (χ4n) is 2.90. The third-order valence-corrected chi connectivity index (χ3v) is 4.00. The highest BCUT2D eigenvalue weighted by molar-refractivity contribution is 5.50. The molecule has 3 aromatic rings. The van der Waals surface area contributed by atoms with Gasteiger partial charge < -0.3 is 0 Å². The Bertz CT molecular complexity index is 578. The van der Waals surface area contributed by atoms with E-state index in [0.29, 0.717) is 0 Å². The molecule has 21 heavy (non-hydrogen) atoms. The standard InChI is InChI=1S/C20H17F/c21-16-20(17-10-4-1-5-11-17,18-12-6-2-7-13-18)19-14-8-3-9-15-19/h1-15H,16H2. The lowest BCUT2D eigenvalue weighted by molar-refractivity contribution is 0.393. The quantitative estimate of drug-likeness (QED) is 0.589. The molecule has 0 aromatic heterocycles. The topological polar surface area (TPSA) is 0 Å². The Hall–Kier alpha value is -2.41. The highest BCUT2D eigenvalue weighted by Crippen LogP contribution is 2.39. The highest BCUT2D eigenvalue weighted by Gasteiger charge is 2.36. The predicted octanol–water partition coefficient (Wildman–Crippen LogP) is 4.99. The van der Waals surface area contributed by atoms with Gasteiger partial charge in [-0.15, -0.1) is 0 Å². The molecule has 0 N–H and O–H groups in total. The van der Waals surface area contributed by atoms with Crippen LogP contribution in [0.25, 0.3) is 0 Å². The minimum absolute atomic E-state index is 0.467. The van der Waals surface area contributed by atoms with E-state index >= 15 is 0 Å². The maximum absolute atomic E-state index is 14.4. The Morgan fingerprint density at radius 2 is 0.810 bits per heavy atom. The summed E-state index contributed by atoms with van der Waals surface area (Å²) in [5.41, 5.74) is 2.18. The lowest BCUT2D eigenvalue weighted by Crippen LogP contribution is -2.31. The second-order valence-corrected chi connectivity index (χ2v) is 5.14. The van der Waals surface area contributed by atoms with Crippen molar-refractivity contribution in [1.29, 1.82) is 0 Å². The Morgan fingerprint density at radius 1 is 0.524 bits per heavy atom. The number of halogens is 1. The van der Waals surface area contributed by atoms with Crippen LogP contribution in [0.2, 0.25) is 0 Å².